The fourth-order valence-electron chi connectivity index (χ4n) is 2.82. The molecule has 25 heavy (non-hydrogen) atoms. The summed E-state index contributed by atoms with van der Waals surface area (Å²) in [5, 5.41) is 0. The Morgan fingerprint density at radius 3 is 2.20 bits per heavy atom. The molecule has 0 saturated heterocycles. The first-order valence-corrected chi connectivity index (χ1v) is 8.85. The lowest BCUT2D eigenvalue weighted by Crippen LogP contribution is -2.37. The molecule has 0 aliphatic rings. The molecule has 0 saturated carbocycles. The van der Waals surface area contributed by atoms with E-state index in [2.05, 4.69) is 57.2 Å². The van der Waals surface area contributed by atoms with Crippen LogP contribution in [0.25, 0.3) is 0 Å². The van der Waals surface area contributed by atoms with Gasteiger partial charge in [0.1, 0.15) is 5.75 Å². The minimum atomic E-state index is -0.519. The van der Waals surface area contributed by atoms with Crippen LogP contribution in [0.2, 0.25) is 0 Å². The van der Waals surface area contributed by atoms with Crippen LogP contribution >= 0.6 is 0 Å². The lowest BCUT2D eigenvalue weighted by Gasteiger charge is -2.24. The number of nitrogens with zero attached hydrogens (tertiary/aromatic N) is 1. The van der Waals surface area contributed by atoms with E-state index in [-0.39, 0.29) is 5.91 Å². The third-order valence-electron chi connectivity index (χ3n) is 4.36. The Labute approximate surface area is 151 Å². The number of benzene rings is 2. The molecule has 1 amide bonds. The summed E-state index contributed by atoms with van der Waals surface area (Å²) in [6, 6.07) is 14.4. The minimum absolute atomic E-state index is 0.0169. The molecular weight excluding hydrogens is 310 g/mol. The van der Waals surface area contributed by atoms with Gasteiger partial charge in [0.05, 0.1) is 0 Å². The third kappa shape index (κ3) is 5.09. The Bertz CT molecular complexity index is 719. The maximum absolute atomic E-state index is 12.7. The number of hydrogen-bond acceptors (Lipinski definition) is 2. The summed E-state index contributed by atoms with van der Waals surface area (Å²) in [5.74, 6) is 1.14. The molecule has 1 unspecified atom stereocenters. The molecule has 0 fully saturated rings. The molecule has 0 N–H and O–H groups in total. The van der Waals surface area contributed by atoms with E-state index in [4.69, 9.17) is 4.74 Å². The summed E-state index contributed by atoms with van der Waals surface area (Å²) < 4.78 is 6.04. The van der Waals surface area contributed by atoms with Crippen LogP contribution in [0.5, 0.6) is 5.75 Å². The quantitative estimate of drug-likeness (QED) is 0.753. The molecule has 0 bridgehead atoms. The fraction of sp³-hybridized carbons (Fsp3) is 0.409. The summed E-state index contributed by atoms with van der Waals surface area (Å²) in [7, 11) is 1.82. The Balaban J connectivity index is 2.07. The highest BCUT2D eigenvalue weighted by molar-refractivity contribution is 5.80. The van der Waals surface area contributed by atoms with E-state index in [9.17, 15) is 4.79 Å². The monoisotopic (exact) mass is 339 g/mol. The zero-order valence-electron chi connectivity index (χ0n) is 16.2. The number of ether oxygens (including phenoxy) is 1. The van der Waals surface area contributed by atoms with Crippen LogP contribution in [0.15, 0.2) is 42.5 Å². The number of carbonyl (C=O) groups excluding carboxylic acids is 1. The highest BCUT2D eigenvalue weighted by Crippen LogP contribution is 2.28. The van der Waals surface area contributed by atoms with Crippen LogP contribution in [0.4, 0.5) is 0 Å². The predicted molar refractivity (Wildman–Crippen MR) is 103 cm³/mol. The molecule has 2 aromatic rings. The second kappa shape index (κ2) is 8.19. The van der Waals surface area contributed by atoms with Crippen molar-refractivity contribution in [3.05, 3.63) is 64.7 Å². The maximum Gasteiger partial charge on any atom is 0.263 e. The largest absolute Gasteiger partial charge is 0.481 e. The van der Waals surface area contributed by atoms with Gasteiger partial charge in [0.25, 0.3) is 5.91 Å². The van der Waals surface area contributed by atoms with Crippen molar-refractivity contribution in [1.82, 2.24) is 4.90 Å². The Kier molecular flexibility index (Phi) is 6.24. The molecule has 0 aliphatic carbocycles. The molecule has 134 valence electrons. The van der Waals surface area contributed by atoms with Crippen LogP contribution in [-0.2, 0) is 11.3 Å². The van der Waals surface area contributed by atoms with E-state index < -0.39 is 6.10 Å². The summed E-state index contributed by atoms with van der Waals surface area (Å²) in [6.45, 7) is 10.8. The van der Waals surface area contributed by atoms with Crippen molar-refractivity contribution in [1.29, 1.82) is 0 Å². The zero-order chi connectivity index (χ0) is 18.6. The molecule has 2 aromatic carbocycles. The van der Waals surface area contributed by atoms with Crippen molar-refractivity contribution in [2.24, 2.45) is 0 Å². The van der Waals surface area contributed by atoms with Crippen molar-refractivity contribution in [2.45, 2.75) is 53.2 Å². The number of carbonyl (C=O) groups is 1. The van der Waals surface area contributed by atoms with Crippen molar-refractivity contribution in [3.8, 4) is 5.75 Å². The number of amides is 1. The Morgan fingerprint density at radius 1 is 1.00 bits per heavy atom. The molecule has 1 atom stereocenters. The smallest absolute Gasteiger partial charge is 0.263 e. The molecule has 0 aliphatic heterocycles. The van der Waals surface area contributed by atoms with Gasteiger partial charge in [0.15, 0.2) is 6.10 Å². The average molecular weight is 339 g/mol. The highest BCUT2D eigenvalue weighted by atomic mass is 16.5. The van der Waals surface area contributed by atoms with Gasteiger partial charge in [0, 0.05) is 13.6 Å². The number of hydrogen-bond donors (Lipinski definition) is 0. The SMILES string of the molecule is Cc1ccc(CN(C)C(=O)C(C)Oc2cc(C)ccc2C(C)C)cc1. The van der Waals surface area contributed by atoms with Crippen LogP contribution in [0.3, 0.4) is 0 Å². The highest BCUT2D eigenvalue weighted by Gasteiger charge is 2.21. The summed E-state index contributed by atoms with van der Waals surface area (Å²) in [5.41, 5.74) is 4.60. The van der Waals surface area contributed by atoms with Crippen LogP contribution in [0.1, 0.15) is 48.9 Å². The fourth-order valence-corrected chi connectivity index (χ4v) is 2.82. The van der Waals surface area contributed by atoms with Gasteiger partial charge in [-0.2, -0.15) is 0 Å². The number of aryl methyl sites for hydroxylation is 2. The van der Waals surface area contributed by atoms with E-state index in [1.54, 1.807) is 4.90 Å². The van der Waals surface area contributed by atoms with Gasteiger partial charge >= 0.3 is 0 Å². The van der Waals surface area contributed by atoms with Crippen molar-refractivity contribution >= 4 is 5.91 Å². The van der Waals surface area contributed by atoms with Gasteiger partial charge in [0.2, 0.25) is 0 Å². The molecular formula is C22H29NO2. The van der Waals surface area contributed by atoms with E-state index in [1.807, 2.05) is 27.0 Å². The molecule has 0 aromatic heterocycles. The number of likely N-dealkylation sites (N-methyl/N-ethyl adjacent to an activating group) is 1. The third-order valence-corrected chi connectivity index (χ3v) is 4.36. The van der Waals surface area contributed by atoms with Crippen LogP contribution in [-0.4, -0.2) is 24.0 Å². The van der Waals surface area contributed by atoms with Crippen molar-refractivity contribution in [2.75, 3.05) is 7.05 Å². The molecule has 3 heteroatoms. The summed E-state index contributed by atoms with van der Waals surface area (Å²) in [4.78, 5) is 14.4. The van der Waals surface area contributed by atoms with Gasteiger partial charge in [-0.1, -0.05) is 55.8 Å². The first-order valence-electron chi connectivity index (χ1n) is 8.85. The van der Waals surface area contributed by atoms with Crippen molar-refractivity contribution in [3.63, 3.8) is 0 Å². The maximum atomic E-state index is 12.7. The summed E-state index contributed by atoms with van der Waals surface area (Å²) >= 11 is 0. The molecule has 0 heterocycles. The van der Waals surface area contributed by atoms with E-state index in [0.717, 1.165) is 22.4 Å². The zero-order valence-corrected chi connectivity index (χ0v) is 16.2. The lowest BCUT2D eigenvalue weighted by molar-refractivity contribution is -0.137. The minimum Gasteiger partial charge on any atom is -0.481 e. The second-order valence-electron chi connectivity index (χ2n) is 7.14. The first kappa shape index (κ1) is 19.0. The molecule has 2 rings (SSSR count). The van der Waals surface area contributed by atoms with Gasteiger partial charge in [-0.05, 0) is 49.4 Å². The summed E-state index contributed by atoms with van der Waals surface area (Å²) in [6.07, 6.45) is -0.519. The first-order chi connectivity index (χ1) is 11.8. The van der Waals surface area contributed by atoms with E-state index >= 15 is 0 Å². The average Bonchev–Trinajstić information content (AvgIpc) is 2.55. The van der Waals surface area contributed by atoms with Gasteiger partial charge in [-0.3, -0.25) is 4.79 Å². The van der Waals surface area contributed by atoms with E-state index in [1.165, 1.54) is 5.56 Å². The predicted octanol–water partition coefficient (Wildman–Crippen LogP) is 4.85. The molecule has 3 nitrogen and oxygen atoms in total. The van der Waals surface area contributed by atoms with Crippen LogP contribution in [0, 0.1) is 13.8 Å². The molecule has 0 radical (unpaired) electrons. The topological polar surface area (TPSA) is 29.5 Å². The van der Waals surface area contributed by atoms with Gasteiger partial charge in [-0.15, -0.1) is 0 Å². The Morgan fingerprint density at radius 2 is 1.60 bits per heavy atom. The second-order valence-corrected chi connectivity index (χ2v) is 7.14. The standard InChI is InChI=1S/C22H29NO2/c1-15(2)20-12-9-17(4)13-21(20)25-18(5)22(24)23(6)14-19-10-7-16(3)8-11-19/h7-13,15,18H,14H2,1-6H3. The van der Waals surface area contributed by atoms with Crippen molar-refractivity contribution < 1.29 is 9.53 Å². The van der Waals surface area contributed by atoms with Crippen LogP contribution < -0.4 is 4.74 Å². The molecule has 0 spiro atoms. The van der Waals surface area contributed by atoms with E-state index in [0.29, 0.717) is 12.5 Å². The Hall–Kier alpha value is -2.29. The van der Waals surface area contributed by atoms with Gasteiger partial charge in [-0.25, -0.2) is 0 Å². The lowest BCUT2D eigenvalue weighted by atomic mass is 10.0. The normalized spacial score (nSPS) is 12.1. The number of rotatable bonds is 6. The van der Waals surface area contributed by atoms with Gasteiger partial charge < -0.3 is 9.64 Å².